The number of amidine groups is 1. The van der Waals surface area contributed by atoms with Crippen LogP contribution < -0.4 is 5.73 Å². The SMILES string of the molecule is N=C(N)c1ccccc1Sc1ccccc1F. The molecule has 17 heavy (non-hydrogen) atoms. The van der Waals surface area contributed by atoms with Crippen LogP contribution >= 0.6 is 11.8 Å². The molecule has 4 heteroatoms. The number of benzene rings is 2. The average molecular weight is 246 g/mol. The maximum absolute atomic E-state index is 13.5. The summed E-state index contributed by atoms with van der Waals surface area (Å²) in [7, 11) is 0. The molecule has 2 rings (SSSR count). The molecular weight excluding hydrogens is 235 g/mol. The Bertz CT molecular complexity index is 555. The van der Waals surface area contributed by atoms with Gasteiger partial charge in [-0.1, -0.05) is 42.1 Å². The maximum atomic E-state index is 13.5. The van der Waals surface area contributed by atoms with Gasteiger partial charge in [0.25, 0.3) is 0 Å². The Morgan fingerprint density at radius 1 is 1.00 bits per heavy atom. The summed E-state index contributed by atoms with van der Waals surface area (Å²) in [4.78, 5) is 1.31. The van der Waals surface area contributed by atoms with Gasteiger partial charge in [0.2, 0.25) is 0 Å². The summed E-state index contributed by atoms with van der Waals surface area (Å²) in [5.74, 6) is -0.278. The Kier molecular flexibility index (Phi) is 3.44. The van der Waals surface area contributed by atoms with E-state index in [9.17, 15) is 4.39 Å². The first-order chi connectivity index (χ1) is 8.18. The van der Waals surface area contributed by atoms with E-state index in [-0.39, 0.29) is 11.7 Å². The summed E-state index contributed by atoms with van der Waals surface area (Å²) >= 11 is 1.27. The van der Waals surface area contributed by atoms with Gasteiger partial charge in [0.15, 0.2) is 0 Å². The van der Waals surface area contributed by atoms with E-state index in [1.807, 2.05) is 18.2 Å². The summed E-state index contributed by atoms with van der Waals surface area (Å²) in [5.41, 5.74) is 6.11. The third-order valence-electron chi connectivity index (χ3n) is 2.23. The Morgan fingerprint density at radius 2 is 1.59 bits per heavy atom. The number of hydrogen-bond acceptors (Lipinski definition) is 2. The highest BCUT2D eigenvalue weighted by Gasteiger charge is 2.08. The zero-order valence-electron chi connectivity index (χ0n) is 8.98. The van der Waals surface area contributed by atoms with Gasteiger partial charge < -0.3 is 5.73 Å². The molecule has 0 amide bonds. The summed E-state index contributed by atoms with van der Waals surface area (Å²) < 4.78 is 13.5. The zero-order valence-corrected chi connectivity index (χ0v) is 9.80. The van der Waals surface area contributed by atoms with Crippen molar-refractivity contribution >= 4 is 17.6 Å². The topological polar surface area (TPSA) is 49.9 Å². The number of nitrogen functional groups attached to an aromatic ring is 1. The molecule has 0 aliphatic rings. The number of hydrogen-bond donors (Lipinski definition) is 2. The zero-order chi connectivity index (χ0) is 12.3. The fourth-order valence-electron chi connectivity index (χ4n) is 1.42. The molecule has 0 aromatic heterocycles. The van der Waals surface area contributed by atoms with E-state index in [1.54, 1.807) is 24.3 Å². The fourth-order valence-corrected chi connectivity index (χ4v) is 2.41. The first-order valence-electron chi connectivity index (χ1n) is 5.04. The first kappa shape index (κ1) is 11.7. The van der Waals surface area contributed by atoms with Crippen LogP contribution in [0.5, 0.6) is 0 Å². The second kappa shape index (κ2) is 5.01. The summed E-state index contributed by atoms with van der Waals surface area (Å²) in [6.07, 6.45) is 0. The van der Waals surface area contributed by atoms with E-state index in [2.05, 4.69) is 0 Å². The number of halogens is 1. The molecular formula is C13H11FN2S. The monoisotopic (exact) mass is 246 g/mol. The van der Waals surface area contributed by atoms with Crippen molar-refractivity contribution in [2.24, 2.45) is 5.73 Å². The van der Waals surface area contributed by atoms with Crippen LogP contribution in [-0.4, -0.2) is 5.84 Å². The Hall–Kier alpha value is -1.81. The van der Waals surface area contributed by atoms with Crippen molar-refractivity contribution in [3.63, 3.8) is 0 Å². The highest BCUT2D eigenvalue weighted by atomic mass is 32.2. The van der Waals surface area contributed by atoms with Crippen molar-refractivity contribution in [3.05, 3.63) is 59.9 Å². The number of nitrogens with two attached hydrogens (primary N) is 1. The highest BCUT2D eigenvalue weighted by molar-refractivity contribution is 7.99. The van der Waals surface area contributed by atoms with Gasteiger partial charge in [0.05, 0.1) is 0 Å². The molecule has 0 bridgehead atoms. The first-order valence-corrected chi connectivity index (χ1v) is 5.86. The molecule has 0 spiro atoms. The largest absolute Gasteiger partial charge is 0.384 e. The van der Waals surface area contributed by atoms with Crippen LogP contribution in [0.3, 0.4) is 0 Å². The van der Waals surface area contributed by atoms with E-state index >= 15 is 0 Å². The van der Waals surface area contributed by atoms with Gasteiger partial charge in [-0.15, -0.1) is 0 Å². The predicted octanol–water partition coefficient (Wildman–Crippen LogP) is 3.26. The molecule has 0 atom stereocenters. The quantitative estimate of drug-likeness (QED) is 0.645. The van der Waals surface area contributed by atoms with Crippen LogP contribution in [0, 0.1) is 11.2 Å². The molecule has 2 nitrogen and oxygen atoms in total. The van der Waals surface area contributed by atoms with Gasteiger partial charge in [-0.05, 0) is 18.2 Å². The van der Waals surface area contributed by atoms with Gasteiger partial charge >= 0.3 is 0 Å². The molecule has 86 valence electrons. The Balaban J connectivity index is 2.37. The normalized spacial score (nSPS) is 10.2. The van der Waals surface area contributed by atoms with Gasteiger partial charge in [0, 0.05) is 15.4 Å². The van der Waals surface area contributed by atoms with Gasteiger partial charge in [-0.2, -0.15) is 0 Å². The van der Waals surface area contributed by atoms with Crippen LogP contribution in [0.15, 0.2) is 58.3 Å². The minimum atomic E-state index is -0.268. The molecule has 0 unspecified atom stereocenters. The van der Waals surface area contributed by atoms with Crippen molar-refractivity contribution in [2.75, 3.05) is 0 Å². The third-order valence-corrected chi connectivity index (χ3v) is 3.36. The fraction of sp³-hybridized carbons (Fsp3) is 0. The van der Waals surface area contributed by atoms with Crippen LogP contribution in [0.1, 0.15) is 5.56 Å². The summed E-state index contributed by atoms with van der Waals surface area (Å²) in [6.45, 7) is 0. The minimum absolute atomic E-state index is 0.00978. The summed E-state index contributed by atoms with van der Waals surface area (Å²) in [5, 5.41) is 7.47. The standard InChI is InChI=1S/C13H11FN2S/c14-10-6-2-4-8-12(10)17-11-7-3-1-5-9(11)13(15)16/h1-8H,(H3,15,16). The van der Waals surface area contributed by atoms with Crippen molar-refractivity contribution in [1.29, 1.82) is 5.41 Å². The van der Waals surface area contributed by atoms with Crippen LogP contribution in [0.25, 0.3) is 0 Å². The Morgan fingerprint density at radius 3 is 2.24 bits per heavy atom. The van der Waals surface area contributed by atoms with E-state index < -0.39 is 0 Å². The van der Waals surface area contributed by atoms with E-state index in [0.717, 1.165) is 4.90 Å². The van der Waals surface area contributed by atoms with Crippen LogP contribution in [0.2, 0.25) is 0 Å². The molecule has 0 radical (unpaired) electrons. The lowest BCUT2D eigenvalue weighted by Gasteiger charge is -2.07. The lowest BCUT2D eigenvalue weighted by molar-refractivity contribution is 0.602. The molecule has 3 N–H and O–H groups in total. The number of rotatable bonds is 3. The molecule has 0 heterocycles. The molecule has 0 saturated carbocycles. The lowest BCUT2D eigenvalue weighted by atomic mass is 10.2. The van der Waals surface area contributed by atoms with Crippen molar-refractivity contribution in [3.8, 4) is 0 Å². The Labute approximate surface area is 103 Å². The van der Waals surface area contributed by atoms with Gasteiger partial charge in [0.1, 0.15) is 11.7 Å². The van der Waals surface area contributed by atoms with E-state index in [4.69, 9.17) is 11.1 Å². The molecule has 0 aliphatic carbocycles. The maximum Gasteiger partial charge on any atom is 0.137 e. The molecule has 0 fully saturated rings. The molecule has 2 aromatic rings. The average Bonchev–Trinajstić information content (AvgIpc) is 2.32. The highest BCUT2D eigenvalue weighted by Crippen LogP contribution is 2.31. The molecule has 2 aromatic carbocycles. The molecule has 0 saturated heterocycles. The van der Waals surface area contributed by atoms with Crippen LogP contribution in [0.4, 0.5) is 4.39 Å². The van der Waals surface area contributed by atoms with Gasteiger partial charge in [-0.25, -0.2) is 4.39 Å². The van der Waals surface area contributed by atoms with E-state index in [0.29, 0.717) is 10.5 Å². The predicted molar refractivity (Wildman–Crippen MR) is 68.0 cm³/mol. The van der Waals surface area contributed by atoms with E-state index in [1.165, 1.54) is 17.8 Å². The third kappa shape index (κ3) is 2.65. The second-order valence-electron chi connectivity index (χ2n) is 3.44. The van der Waals surface area contributed by atoms with Gasteiger partial charge in [-0.3, -0.25) is 5.41 Å². The lowest BCUT2D eigenvalue weighted by Crippen LogP contribution is -2.11. The van der Waals surface area contributed by atoms with Crippen molar-refractivity contribution in [2.45, 2.75) is 9.79 Å². The second-order valence-corrected chi connectivity index (χ2v) is 4.53. The van der Waals surface area contributed by atoms with Crippen molar-refractivity contribution < 1.29 is 4.39 Å². The molecule has 0 aliphatic heterocycles. The summed E-state index contributed by atoms with van der Waals surface area (Å²) in [6, 6.07) is 13.8. The van der Waals surface area contributed by atoms with Crippen LogP contribution in [-0.2, 0) is 0 Å². The van der Waals surface area contributed by atoms with Crippen molar-refractivity contribution in [1.82, 2.24) is 0 Å². The smallest absolute Gasteiger partial charge is 0.137 e. The number of nitrogens with one attached hydrogen (secondary N) is 1. The minimum Gasteiger partial charge on any atom is -0.384 e.